The first-order valence-corrected chi connectivity index (χ1v) is 8.57. The number of fused-ring (bicyclic) bond motifs is 1. The third kappa shape index (κ3) is 3.25. The van der Waals surface area contributed by atoms with Crippen molar-refractivity contribution in [1.29, 1.82) is 0 Å². The van der Waals surface area contributed by atoms with E-state index in [2.05, 4.69) is 19.9 Å². The van der Waals surface area contributed by atoms with Crippen LogP contribution in [0.15, 0.2) is 35.9 Å². The Kier molecular flexibility index (Phi) is 3.69. The summed E-state index contributed by atoms with van der Waals surface area (Å²) in [4.78, 5) is 14.4. The minimum absolute atomic E-state index is 0.0907. The molecule has 6 nitrogen and oxygen atoms in total. The molecule has 0 amide bonds. The van der Waals surface area contributed by atoms with Gasteiger partial charge in [0.2, 0.25) is 15.0 Å². The number of hydrogen-bond donors (Lipinski definition) is 0. The average molecular weight is 304 g/mol. The summed E-state index contributed by atoms with van der Waals surface area (Å²) in [5.41, 5.74) is 3.03. The lowest BCUT2D eigenvalue weighted by molar-refractivity contribution is 0.240. The van der Waals surface area contributed by atoms with Crippen LogP contribution in [0.1, 0.15) is 16.8 Å². The minimum atomic E-state index is -3.36. The van der Waals surface area contributed by atoms with Crippen LogP contribution in [0.25, 0.3) is 0 Å². The molecule has 0 saturated heterocycles. The molecule has 3 rings (SSSR count). The van der Waals surface area contributed by atoms with E-state index in [0.717, 1.165) is 37.0 Å². The second-order valence-corrected chi connectivity index (χ2v) is 7.12. The van der Waals surface area contributed by atoms with Crippen LogP contribution in [0.3, 0.4) is 0 Å². The van der Waals surface area contributed by atoms with E-state index in [1.54, 1.807) is 18.6 Å². The van der Waals surface area contributed by atoms with Gasteiger partial charge in [0, 0.05) is 44.5 Å². The van der Waals surface area contributed by atoms with Crippen molar-refractivity contribution >= 4 is 9.84 Å². The van der Waals surface area contributed by atoms with Gasteiger partial charge in [0.25, 0.3) is 0 Å². The highest BCUT2D eigenvalue weighted by Crippen LogP contribution is 2.19. The van der Waals surface area contributed by atoms with Gasteiger partial charge < -0.3 is 0 Å². The second-order valence-electron chi connectivity index (χ2n) is 5.21. The molecule has 0 aliphatic carbocycles. The molecule has 21 heavy (non-hydrogen) atoms. The van der Waals surface area contributed by atoms with Crippen LogP contribution in [0.2, 0.25) is 0 Å². The highest BCUT2D eigenvalue weighted by atomic mass is 32.2. The molecule has 1 aliphatic rings. The summed E-state index contributed by atoms with van der Waals surface area (Å²) in [5, 5.41) is -0.0907. The van der Waals surface area contributed by atoms with Crippen molar-refractivity contribution in [2.24, 2.45) is 0 Å². The molecule has 0 spiro atoms. The molecule has 2 aromatic heterocycles. The Morgan fingerprint density at radius 3 is 2.76 bits per heavy atom. The van der Waals surface area contributed by atoms with Crippen molar-refractivity contribution < 1.29 is 8.42 Å². The molecule has 0 aromatic carbocycles. The molecule has 0 radical (unpaired) electrons. The summed E-state index contributed by atoms with van der Waals surface area (Å²) in [6.07, 6.45) is 7.16. The topological polar surface area (TPSA) is 76.1 Å². The molecule has 0 atom stereocenters. The first-order valence-electron chi connectivity index (χ1n) is 6.68. The van der Waals surface area contributed by atoms with Crippen molar-refractivity contribution in [2.45, 2.75) is 24.7 Å². The monoisotopic (exact) mass is 304 g/mol. The van der Waals surface area contributed by atoms with Gasteiger partial charge >= 0.3 is 0 Å². The van der Waals surface area contributed by atoms with Gasteiger partial charge in [0.15, 0.2) is 0 Å². The summed E-state index contributed by atoms with van der Waals surface area (Å²) in [6.45, 7) is 2.36. The van der Waals surface area contributed by atoms with Crippen LogP contribution in [-0.4, -0.2) is 41.1 Å². The largest absolute Gasteiger partial charge is 0.293 e. The number of nitrogens with zero attached hydrogens (tertiary/aromatic N) is 4. The third-order valence-corrected chi connectivity index (χ3v) is 4.35. The van der Waals surface area contributed by atoms with Gasteiger partial charge in [-0.3, -0.25) is 9.88 Å². The van der Waals surface area contributed by atoms with Gasteiger partial charge in [-0.25, -0.2) is 18.4 Å². The summed E-state index contributed by atoms with van der Waals surface area (Å²) in [7, 11) is -3.36. The molecule has 0 bridgehead atoms. The predicted molar refractivity (Wildman–Crippen MR) is 77.2 cm³/mol. The normalized spacial score (nSPS) is 15.7. The van der Waals surface area contributed by atoms with E-state index in [0.29, 0.717) is 6.54 Å². The summed E-state index contributed by atoms with van der Waals surface area (Å²) >= 11 is 0. The number of pyridine rings is 1. The lowest BCUT2D eigenvalue weighted by Crippen LogP contribution is -2.31. The average Bonchev–Trinajstić information content (AvgIpc) is 2.46. The minimum Gasteiger partial charge on any atom is -0.293 e. The van der Waals surface area contributed by atoms with Crippen LogP contribution in [-0.2, 0) is 29.3 Å². The first-order chi connectivity index (χ1) is 10.0. The Morgan fingerprint density at radius 1 is 1.29 bits per heavy atom. The zero-order valence-corrected chi connectivity index (χ0v) is 12.5. The molecule has 1 aliphatic heterocycles. The third-order valence-electron chi connectivity index (χ3n) is 3.49. The molecule has 2 aromatic rings. The number of hydrogen-bond acceptors (Lipinski definition) is 6. The van der Waals surface area contributed by atoms with Crippen LogP contribution >= 0.6 is 0 Å². The molecule has 0 fully saturated rings. The fourth-order valence-corrected chi connectivity index (χ4v) is 2.92. The Balaban J connectivity index is 1.81. The van der Waals surface area contributed by atoms with Crippen LogP contribution in [0.5, 0.6) is 0 Å². The molecular weight excluding hydrogens is 288 g/mol. The second kappa shape index (κ2) is 5.50. The van der Waals surface area contributed by atoms with Crippen molar-refractivity contribution in [2.75, 3.05) is 12.8 Å². The van der Waals surface area contributed by atoms with E-state index in [1.165, 1.54) is 5.56 Å². The molecule has 0 unspecified atom stereocenters. The van der Waals surface area contributed by atoms with Gasteiger partial charge in [-0.15, -0.1) is 0 Å². The number of rotatable bonds is 3. The van der Waals surface area contributed by atoms with Gasteiger partial charge in [-0.05, 0) is 29.7 Å². The Hall–Kier alpha value is -1.86. The quantitative estimate of drug-likeness (QED) is 0.782. The van der Waals surface area contributed by atoms with Gasteiger partial charge in [0.05, 0.1) is 5.69 Å². The molecule has 0 N–H and O–H groups in total. The van der Waals surface area contributed by atoms with Crippen molar-refractivity contribution in [3.05, 3.63) is 47.5 Å². The molecule has 110 valence electrons. The van der Waals surface area contributed by atoms with Gasteiger partial charge in [0.1, 0.15) is 0 Å². The maximum Gasteiger partial charge on any atom is 0.247 e. The number of aromatic nitrogens is 3. The molecule has 3 heterocycles. The zero-order valence-electron chi connectivity index (χ0n) is 11.7. The van der Waals surface area contributed by atoms with Crippen molar-refractivity contribution in [3.8, 4) is 0 Å². The van der Waals surface area contributed by atoms with Crippen molar-refractivity contribution in [1.82, 2.24) is 19.9 Å². The molecular formula is C14H16N4O2S. The highest BCUT2D eigenvalue weighted by molar-refractivity contribution is 7.90. The Morgan fingerprint density at radius 2 is 2.05 bits per heavy atom. The smallest absolute Gasteiger partial charge is 0.247 e. The van der Waals surface area contributed by atoms with E-state index in [1.807, 2.05) is 12.1 Å². The summed E-state index contributed by atoms with van der Waals surface area (Å²) in [6, 6.07) is 3.97. The van der Waals surface area contributed by atoms with Gasteiger partial charge in [-0.1, -0.05) is 0 Å². The fraction of sp³-hybridized carbons (Fsp3) is 0.357. The van der Waals surface area contributed by atoms with E-state index in [-0.39, 0.29) is 5.16 Å². The van der Waals surface area contributed by atoms with Crippen molar-refractivity contribution in [3.63, 3.8) is 0 Å². The first kappa shape index (κ1) is 14.1. The number of sulfone groups is 1. The molecule has 7 heteroatoms. The lowest BCUT2D eigenvalue weighted by atomic mass is 10.1. The maximum atomic E-state index is 11.5. The predicted octanol–water partition coefficient (Wildman–Crippen LogP) is 0.833. The molecule has 0 saturated carbocycles. The van der Waals surface area contributed by atoms with Crippen LogP contribution in [0, 0.1) is 0 Å². The maximum absolute atomic E-state index is 11.5. The van der Waals surface area contributed by atoms with E-state index >= 15 is 0 Å². The Labute approximate surface area is 123 Å². The zero-order chi connectivity index (χ0) is 14.9. The standard InChI is InChI=1S/C14H16N4O2S/c1-21(19,20)14-16-8-12-4-7-18(10-13(12)17-14)9-11-2-5-15-6-3-11/h2-3,5-6,8H,4,7,9-10H2,1H3. The van der Waals surface area contributed by atoms with E-state index < -0.39 is 9.84 Å². The van der Waals surface area contributed by atoms with Crippen LogP contribution in [0.4, 0.5) is 0 Å². The van der Waals surface area contributed by atoms with Crippen LogP contribution < -0.4 is 0 Å². The fourth-order valence-electron chi connectivity index (χ4n) is 2.40. The summed E-state index contributed by atoms with van der Waals surface area (Å²) in [5.74, 6) is 0. The summed E-state index contributed by atoms with van der Waals surface area (Å²) < 4.78 is 23.1. The SMILES string of the molecule is CS(=O)(=O)c1ncc2c(n1)CN(Cc1ccncc1)CC2. The highest BCUT2D eigenvalue weighted by Gasteiger charge is 2.21. The Bertz CT molecular complexity index is 747. The lowest BCUT2D eigenvalue weighted by Gasteiger charge is -2.27. The van der Waals surface area contributed by atoms with E-state index in [9.17, 15) is 8.42 Å². The van der Waals surface area contributed by atoms with Gasteiger partial charge in [-0.2, -0.15) is 0 Å². The van der Waals surface area contributed by atoms with E-state index in [4.69, 9.17) is 0 Å².